The summed E-state index contributed by atoms with van der Waals surface area (Å²) < 4.78 is 55.3. The smallest absolute Gasteiger partial charge is 0.245 e. The summed E-state index contributed by atoms with van der Waals surface area (Å²) in [6, 6.07) is 14.8. The lowest BCUT2D eigenvalue weighted by Gasteiger charge is -2.32. The largest absolute Gasteiger partial charge is 0.352 e. The number of hydrogen-bond acceptors (Lipinski definition) is 4. The van der Waals surface area contributed by atoms with E-state index in [0.29, 0.717) is 15.0 Å². The summed E-state index contributed by atoms with van der Waals surface area (Å²) in [5, 5.41) is 6.05. The quantitative estimate of drug-likeness (QED) is 0.688. The first-order chi connectivity index (χ1) is 15.6. The average molecular weight is 497 g/mol. The van der Waals surface area contributed by atoms with Crippen LogP contribution < -0.4 is 4.72 Å². The molecule has 2 aromatic rings. The number of carbonyl (C=O) groups excluding carboxylic acids is 1. The fraction of sp³-hybridized carbons (Fsp3) is 0.364. The first-order valence-electron chi connectivity index (χ1n) is 10.5. The number of rotatable bonds is 4. The minimum absolute atomic E-state index is 0.0111. The number of piperidine rings is 1. The zero-order valence-electron chi connectivity index (χ0n) is 17.8. The Morgan fingerprint density at radius 1 is 1.15 bits per heavy atom. The van der Waals surface area contributed by atoms with E-state index in [4.69, 9.17) is 11.6 Å². The summed E-state index contributed by atoms with van der Waals surface area (Å²) >= 11 is 6.01. The van der Waals surface area contributed by atoms with Crippen LogP contribution >= 0.6 is 11.6 Å². The van der Waals surface area contributed by atoms with Crippen LogP contribution in [-0.2, 0) is 10.2 Å². The van der Waals surface area contributed by atoms with Crippen LogP contribution in [0.4, 0.5) is 13.6 Å². The fourth-order valence-corrected chi connectivity index (χ4v) is 5.48. The van der Waals surface area contributed by atoms with E-state index in [0.717, 1.165) is 16.1 Å². The van der Waals surface area contributed by atoms with E-state index in [2.05, 4.69) is 5.10 Å². The number of nitrogens with one attached hydrogen (secondary N) is 1. The third-order valence-electron chi connectivity index (χ3n) is 5.80. The molecule has 1 saturated heterocycles. The van der Waals surface area contributed by atoms with Crippen molar-refractivity contribution in [3.8, 4) is 0 Å². The summed E-state index contributed by atoms with van der Waals surface area (Å²) in [5.41, 5.74) is 2.20. The Balaban J connectivity index is 1.62. The van der Waals surface area contributed by atoms with E-state index in [9.17, 15) is 22.0 Å². The van der Waals surface area contributed by atoms with Crippen molar-refractivity contribution in [2.24, 2.45) is 5.10 Å². The first kappa shape index (κ1) is 23.6. The lowest BCUT2D eigenvalue weighted by atomic mass is 9.86. The van der Waals surface area contributed by atoms with Crippen LogP contribution in [0.3, 0.4) is 0 Å². The Labute approximate surface area is 196 Å². The second-order valence-corrected chi connectivity index (χ2v) is 10.3. The van der Waals surface area contributed by atoms with Gasteiger partial charge in [-0.1, -0.05) is 54.1 Å². The number of urea groups is 1. The molecule has 33 heavy (non-hydrogen) atoms. The number of benzene rings is 2. The molecule has 4 rings (SSSR count). The summed E-state index contributed by atoms with van der Waals surface area (Å²) in [6.45, 7) is 0.710. The molecule has 7 nitrogen and oxygen atoms in total. The molecule has 1 N–H and O–H groups in total. The first-order valence-corrected chi connectivity index (χ1v) is 12.3. The Morgan fingerprint density at radius 2 is 1.82 bits per heavy atom. The van der Waals surface area contributed by atoms with Gasteiger partial charge < -0.3 is 0 Å². The molecule has 0 bridgehead atoms. The predicted molar refractivity (Wildman–Crippen MR) is 122 cm³/mol. The van der Waals surface area contributed by atoms with Gasteiger partial charge in [0.15, 0.2) is 0 Å². The average Bonchev–Trinajstić information content (AvgIpc) is 3.11. The van der Waals surface area contributed by atoms with Crippen molar-refractivity contribution in [2.45, 2.75) is 37.6 Å². The molecule has 11 heteroatoms. The maximum atomic E-state index is 13.7. The van der Waals surface area contributed by atoms with Crippen LogP contribution in [0.2, 0.25) is 5.02 Å². The van der Waals surface area contributed by atoms with E-state index in [-0.39, 0.29) is 25.3 Å². The minimum atomic E-state index is -4.46. The number of hydrazone groups is 1. The van der Waals surface area contributed by atoms with Crippen molar-refractivity contribution in [1.29, 1.82) is 0 Å². The van der Waals surface area contributed by atoms with Gasteiger partial charge >= 0.3 is 16.2 Å². The SMILES string of the molecule is C[C@H]1[C@@H](c2ccccc2)C(c2ccc(Cl)cc2)=NN1C(=O)NS(=O)(=O)N1CCCC(F)(F)C1. The van der Waals surface area contributed by atoms with Crippen molar-refractivity contribution in [3.05, 3.63) is 70.7 Å². The van der Waals surface area contributed by atoms with Gasteiger partial charge in [0.1, 0.15) is 0 Å². The molecule has 176 valence electrons. The Bertz CT molecular complexity index is 1160. The molecule has 2 amide bonds. The molecule has 0 spiro atoms. The second-order valence-electron chi connectivity index (χ2n) is 8.17. The van der Waals surface area contributed by atoms with Crippen LogP contribution in [0.25, 0.3) is 0 Å². The van der Waals surface area contributed by atoms with Gasteiger partial charge in [-0.2, -0.15) is 17.8 Å². The molecule has 2 heterocycles. The van der Waals surface area contributed by atoms with Crippen molar-refractivity contribution in [1.82, 2.24) is 14.0 Å². The molecular weight excluding hydrogens is 474 g/mol. The van der Waals surface area contributed by atoms with Gasteiger partial charge in [-0.3, -0.25) is 0 Å². The van der Waals surface area contributed by atoms with Crippen LogP contribution in [0.15, 0.2) is 59.7 Å². The van der Waals surface area contributed by atoms with E-state index in [1.54, 1.807) is 31.2 Å². The molecule has 2 atom stereocenters. The topological polar surface area (TPSA) is 82.1 Å². The molecule has 1 fully saturated rings. The number of hydrogen-bond donors (Lipinski definition) is 1. The lowest BCUT2D eigenvalue weighted by Crippen LogP contribution is -2.53. The Morgan fingerprint density at radius 3 is 2.45 bits per heavy atom. The molecule has 2 aliphatic rings. The molecule has 0 unspecified atom stereocenters. The zero-order valence-corrected chi connectivity index (χ0v) is 19.4. The highest BCUT2D eigenvalue weighted by Crippen LogP contribution is 2.35. The minimum Gasteiger partial charge on any atom is -0.245 e. The zero-order chi connectivity index (χ0) is 23.8. The van der Waals surface area contributed by atoms with Crippen molar-refractivity contribution < 1.29 is 22.0 Å². The number of carbonyl (C=O) groups is 1. The van der Waals surface area contributed by atoms with Gasteiger partial charge in [0.05, 0.1) is 24.2 Å². The van der Waals surface area contributed by atoms with Gasteiger partial charge in [-0.25, -0.2) is 23.3 Å². The van der Waals surface area contributed by atoms with Crippen molar-refractivity contribution >= 4 is 33.6 Å². The summed E-state index contributed by atoms with van der Waals surface area (Å²) in [4.78, 5) is 13.0. The maximum Gasteiger partial charge on any atom is 0.352 e. The fourth-order valence-electron chi connectivity index (χ4n) is 4.18. The van der Waals surface area contributed by atoms with Crippen LogP contribution in [0.1, 0.15) is 36.8 Å². The number of amides is 2. The number of nitrogens with zero attached hydrogens (tertiary/aromatic N) is 3. The van der Waals surface area contributed by atoms with Gasteiger partial charge in [0.2, 0.25) is 0 Å². The van der Waals surface area contributed by atoms with Crippen molar-refractivity contribution in [2.75, 3.05) is 13.1 Å². The summed E-state index contributed by atoms with van der Waals surface area (Å²) in [7, 11) is -4.46. The molecule has 0 aliphatic carbocycles. The predicted octanol–water partition coefficient (Wildman–Crippen LogP) is 4.22. The summed E-state index contributed by atoms with van der Waals surface area (Å²) in [5.74, 6) is -3.46. The third kappa shape index (κ3) is 5.02. The highest BCUT2D eigenvalue weighted by Gasteiger charge is 2.43. The van der Waals surface area contributed by atoms with Gasteiger partial charge in [-0.15, -0.1) is 0 Å². The highest BCUT2D eigenvalue weighted by molar-refractivity contribution is 7.87. The van der Waals surface area contributed by atoms with Crippen LogP contribution in [0.5, 0.6) is 0 Å². The normalized spacial score (nSPS) is 23.3. The van der Waals surface area contributed by atoms with Crippen LogP contribution in [-0.4, -0.2) is 54.5 Å². The van der Waals surface area contributed by atoms with Gasteiger partial charge in [-0.05, 0) is 36.6 Å². The van der Waals surface area contributed by atoms with Crippen LogP contribution in [0, 0.1) is 0 Å². The highest BCUT2D eigenvalue weighted by atomic mass is 35.5. The lowest BCUT2D eigenvalue weighted by molar-refractivity contribution is -0.0436. The Kier molecular flexibility index (Phi) is 6.43. The number of halogens is 3. The third-order valence-corrected chi connectivity index (χ3v) is 7.47. The van der Waals surface area contributed by atoms with E-state index >= 15 is 0 Å². The summed E-state index contributed by atoms with van der Waals surface area (Å²) in [6.07, 6.45) is -0.374. The van der Waals surface area contributed by atoms with Crippen molar-refractivity contribution in [3.63, 3.8) is 0 Å². The van der Waals surface area contributed by atoms with Gasteiger partial charge in [0.25, 0.3) is 5.92 Å². The second kappa shape index (κ2) is 9.00. The Hall–Kier alpha value is -2.56. The number of alkyl halides is 2. The molecule has 0 saturated carbocycles. The van der Waals surface area contributed by atoms with E-state index < -0.39 is 34.7 Å². The standard InChI is InChI=1S/C22H23ClF2N4O3S/c1-15-19(16-6-3-2-4-7-16)20(17-8-10-18(23)11-9-17)26-29(15)21(30)27-33(31,32)28-13-5-12-22(24,25)14-28/h2-4,6-11,15,19H,5,12-14H2,1H3,(H,27,30)/t15-,19-/m0/s1. The molecule has 2 aliphatic heterocycles. The molecular formula is C22H23ClF2N4O3S. The molecule has 2 aromatic carbocycles. The van der Waals surface area contributed by atoms with Gasteiger partial charge in [0, 0.05) is 18.0 Å². The van der Waals surface area contributed by atoms with E-state index in [1.165, 1.54) is 0 Å². The maximum absolute atomic E-state index is 13.7. The molecule has 0 radical (unpaired) electrons. The monoisotopic (exact) mass is 496 g/mol. The molecule has 0 aromatic heterocycles. The van der Waals surface area contributed by atoms with E-state index in [1.807, 2.05) is 35.1 Å².